The topological polar surface area (TPSA) is 54.4 Å². The fourth-order valence-electron chi connectivity index (χ4n) is 2.26. The van der Waals surface area contributed by atoms with Crippen LogP contribution in [-0.2, 0) is 13.0 Å². The van der Waals surface area contributed by atoms with Crippen LogP contribution in [0.5, 0.6) is 5.75 Å². The van der Waals surface area contributed by atoms with Gasteiger partial charge in [0.2, 0.25) is 0 Å². The molecular formula is C17H22N2O2. The first-order valence-electron chi connectivity index (χ1n) is 7.11. The van der Waals surface area contributed by atoms with Gasteiger partial charge in [-0.2, -0.15) is 0 Å². The highest BCUT2D eigenvalue weighted by Gasteiger charge is 2.09. The predicted octanol–water partition coefficient (Wildman–Crippen LogP) is 2.09. The SMILES string of the molecule is COc1cc(C)nc(CNC(CO)Cc2ccccc2)c1. The summed E-state index contributed by atoms with van der Waals surface area (Å²) in [5, 5.41) is 12.9. The second-order valence-electron chi connectivity index (χ2n) is 5.09. The smallest absolute Gasteiger partial charge is 0.122 e. The molecule has 0 fully saturated rings. The number of hydrogen-bond acceptors (Lipinski definition) is 4. The molecular weight excluding hydrogens is 264 g/mol. The Labute approximate surface area is 125 Å². The molecule has 2 N–H and O–H groups in total. The lowest BCUT2D eigenvalue weighted by Gasteiger charge is -2.16. The van der Waals surface area contributed by atoms with Gasteiger partial charge in [-0.15, -0.1) is 0 Å². The van der Waals surface area contributed by atoms with E-state index in [0.29, 0.717) is 6.54 Å². The lowest BCUT2D eigenvalue weighted by atomic mass is 10.1. The van der Waals surface area contributed by atoms with Crippen molar-refractivity contribution in [3.63, 3.8) is 0 Å². The molecule has 1 atom stereocenters. The number of methoxy groups -OCH3 is 1. The van der Waals surface area contributed by atoms with Crippen LogP contribution in [0.15, 0.2) is 42.5 Å². The molecule has 0 spiro atoms. The number of nitrogens with one attached hydrogen (secondary N) is 1. The minimum atomic E-state index is 0.0145. The standard InChI is InChI=1S/C17H22N2O2/c1-13-8-17(21-2)10-15(19-13)11-18-16(12-20)9-14-6-4-3-5-7-14/h3-8,10,16,18,20H,9,11-12H2,1-2H3. The monoisotopic (exact) mass is 286 g/mol. The van der Waals surface area contributed by atoms with Gasteiger partial charge in [-0.05, 0) is 18.9 Å². The molecule has 1 aromatic heterocycles. The van der Waals surface area contributed by atoms with Crippen LogP contribution < -0.4 is 10.1 Å². The quantitative estimate of drug-likeness (QED) is 0.818. The molecule has 1 unspecified atom stereocenters. The van der Waals surface area contributed by atoms with E-state index < -0.39 is 0 Å². The Bertz CT molecular complexity index is 558. The molecule has 2 rings (SSSR count). The highest BCUT2D eigenvalue weighted by atomic mass is 16.5. The van der Waals surface area contributed by atoms with E-state index in [4.69, 9.17) is 4.74 Å². The van der Waals surface area contributed by atoms with Gasteiger partial charge in [0, 0.05) is 30.4 Å². The van der Waals surface area contributed by atoms with E-state index >= 15 is 0 Å². The summed E-state index contributed by atoms with van der Waals surface area (Å²) in [7, 11) is 1.65. The van der Waals surface area contributed by atoms with Crippen LogP contribution in [0.3, 0.4) is 0 Å². The Morgan fingerprint density at radius 3 is 2.67 bits per heavy atom. The largest absolute Gasteiger partial charge is 0.497 e. The number of aliphatic hydroxyl groups excluding tert-OH is 1. The molecule has 1 heterocycles. The number of pyridine rings is 1. The zero-order valence-corrected chi connectivity index (χ0v) is 12.5. The van der Waals surface area contributed by atoms with Crippen molar-refractivity contribution in [1.29, 1.82) is 0 Å². The minimum Gasteiger partial charge on any atom is -0.497 e. The van der Waals surface area contributed by atoms with Gasteiger partial charge in [-0.3, -0.25) is 4.98 Å². The normalized spacial score (nSPS) is 12.1. The van der Waals surface area contributed by atoms with Crippen molar-refractivity contribution in [3.8, 4) is 5.75 Å². The molecule has 112 valence electrons. The third-order valence-electron chi connectivity index (χ3n) is 3.33. The second-order valence-corrected chi connectivity index (χ2v) is 5.09. The molecule has 4 heteroatoms. The van der Waals surface area contributed by atoms with Crippen LogP contribution in [0.25, 0.3) is 0 Å². The number of benzene rings is 1. The average molecular weight is 286 g/mol. The Morgan fingerprint density at radius 1 is 1.24 bits per heavy atom. The zero-order chi connectivity index (χ0) is 15.1. The first-order chi connectivity index (χ1) is 10.2. The average Bonchev–Trinajstić information content (AvgIpc) is 2.51. The molecule has 0 aliphatic carbocycles. The lowest BCUT2D eigenvalue weighted by molar-refractivity contribution is 0.240. The first kappa shape index (κ1) is 15.5. The molecule has 4 nitrogen and oxygen atoms in total. The summed E-state index contributed by atoms with van der Waals surface area (Å²) >= 11 is 0. The van der Waals surface area contributed by atoms with E-state index in [9.17, 15) is 5.11 Å². The first-order valence-corrected chi connectivity index (χ1v) is 7.11. The van der Waals surface area contributed by atoms with E-state index in [1.54, 1.807) is 7.11 Å². The molecule has 0 bridgehead atoms. The van der Waals surface area contributed by atoms with E-state index in [1.807, 2.05) is 37.3 Å². The van der Waals surface area contributed by atoms with Crippen molar-refractivity contribution >= 4 is 0 Å². The van der Waals surface area contributed by atoms with Crippen LogP contribution in [0, 0.1) is 6.92 Å². The maximum absolute atomic E-state index is 9.51. The van der Waals surface area contributed by atoms with E-state index in [2.05, 4.69) is 22.4 Å². The third-order valence-corrected chi connectivity index (χ3v) is 3.33. The highest BCUT2D eigenvalue weighted by Crippen LogP contribution is 2.13. The summed E-state index contributed by atoms with van der Waals surface area (Å²) in [5.74, 6) is 0.808. The lowest BCUT2D eigenvalue weighted by Crippen LogP contribution is -2.34. The molecule has 1 aromatic carbocycles. The van der Waals surface area contributed by atoms with Crippen molar-refractivity contribution in [3.05, 3.63) is 59.4 Å². The number of aliphatic hydroxyl groups is 1. The number of aryl methyl sites for hydroxylation is 1. The third kappa shape index (κ3) is 4.85. The number of ether oxygens (including phenoxy) is 1. The highest BCUT2D eigenvalue weighted by molar-refractivity contribution is 5.26. The maximum atomic E-state index is 9.51. The number of hydrogen-bond donors (Lipinski definition) is 2. The summed E-state index contributed by atoms with van der Waals surface area (Å²) in [6.07, 6.45) is 0.792. The van der Waals surface area contributed by atoms with Gasteiger partial charge < -0.3 is 15.2 Å². The number of rotatable bonds is 7. The summed E-state index contributed by atoms with van der Waals surface area (Å²) in [6, 6.07) is 14.0. The number of nitrogens with zero attached hydrogens (tertiary/aromatic N) is 1. The molecule has 0 aliphatic heterocycles. The molecule has 0 saturated heterocycles. The molecule has 0 amide bonds. The van der Waals surface area contributed by atoms with Crippen LogP contribution in [0.4, 0.5) is 0 Å². The Balaban J connectivity index is 1.95. The molecule has 0 aliphatic rings. The summed E-state index contributed by atoms with van der Waals surface area (Å²) in [5.41, 5.74) is 3.05. The van der Waals surface area contributed by atoms with Gasteiger partial charge in [-0.1, -0.05) is 30.3 Å². The Hall–Kier alpha value is -1.91. The Morgan fingerprint density at radius 2 is 2.00 bits per heavy atom. The van der Waals surface area contributed by atoms with Crippen molar-refractivity contribution in [2.45, 2.75) is 25.9 Å². The van der Waals surface area contributed by atoms with Crippen LogP contribution >= 0.6 is 0 Å². The van der Waals surface area contributed by atoms with E-state index in [-0.39, 0.29) is 12.6 Å². The Kier molecular flexibility index (Phi) is 5.72. The van der Waals surface area contributed by atoms with Crippen molar-refractivity contribution in [1.82, 2.24) is 10.3 Å². The van der Waals surface area contributed by atoms with Gasteiger partial charge in [0.05, 0.1) is 19.4 Å². The molecule has 0 saturated carbocycles. The van der Waals surface area contributed by atoms with Crippen molar-refractivity contribution in [2.75, 3.05) is 13.7 Å². The predicted molar refractivity (Wildman–Crippen MR) is 83.4 cm³/mol. The van der Waals surface area contributed by atoms with Crippen molar-refractivity contribution in [2.24, 2.45) is 0 Å². The van der Waals surface area contributed by atoms with Gasteiger partial charge >= 0.3 is 0 Å². The van der Waals surface area contributed by atoms with Crippen molar-refractivity contribution < 1.29 is 9.84 Å². The fourth-order valence-corrected chi connectivity index (χ4v) is 2.26. The second kappa shape index (κ2) is 7.76. The van der Waals surface area contributed by atoms with Crippen LogP contribution in [-0.4, -0.2) is 29.8 Å². The number of aromatic nitrogens is 1. The zero-order valence-electron chi connectivity index (χ0n) is 12.5. The molecule has 21 heavy (non-hydrogen) atoms. The summed E-state index contributed by atoms with van der Waals surface area (Å²) in [4.78, 5) is 4.47. The van der Waals surface area contributed by atoms with Gasteiger partial charge in [0.25, 0.3) is 0 Å². The van der Waals surface area contributed by atoms with Gasteiger partial charge in [-0.25, -0.2) is 0 Å². The maximum Gasteiger partial charge on any atom is 0.122 e. The summed E-state index contributed by atoms with van der Waals surface area (Å²) in [6.45, 7) is 2.65. The van der Waals surface area contributed by atoms with E-state index in [1.165, 1.54) is 5.56 Å². The van der Waals surface area contributed by atoms with Crippen LogP contribution in [0.1, 0.15) is 17.0 Å². The molecule has 2 aromatic rings. The van der Waals surface area contributed by atoms with Gasteiger partial charge in [0.1, 0.15) is 5.75 Å². The minimum absolute atomic E-state index is 0.0145. The van der Waals surface area contributed by atoms with E-state index in [0.717, 1.165) is 23.6 Å². The van der Waals surface area contributed by atoms with Gasteiger partial charge in [0.15, 0.2) is 0 Å². The summed E-state index contributed by atoms with van der Waals surface area (Å²) < 4.78 is 5.25. The van der Waals surface area contributed by atoms with Crippen LogP contribution in [0.2, 0.25) is 0 Å². The fraction of sp³-hybridized carbons (Fsp3) is 0.353. The molecule has 0 radical (unpaired) electrons.